The first-order valence-corrected chi connectivity index (χ1v) is 12.5. The molecular formula is C26H23N3O3S2. The van der Waals surface area contributed by atoms with Gasteiger partial charge in [-0.05, 0) is 53.6 Å². The minimum Gasteiger partial charge on any atom is -0.497 e. The zero-order chi connectivity index (χ0) is 23.8. The Morgan fingerprint density at radius 3 is 2.68 bits per heavy atom. The van der Waals surface area contributed by atoms with E-state index in [4.69, 9.17) is 4.74 Å². The molecule has 0 bridgehead atoms. The average molecular weight is 490 g/mol. The molecular weight excluding hydrogens is 466 g/mol. The van der Waals surface area contributed by atoms with Crippen LogP contribution in [0.4, 0.5) is 0 Å². The van der Waals surface area contributed by atoms with E-state index in [1.165, 1.54) is 16.2 Å². The number of benzene rings is 2. The van der Waals surface area contributed by atoms with Crippen LogP contribution in [0.3, 0.4) is 0 Å². The van der Waals surface area contributed by atoms with Crippen molar-refractivity contribution in [3.63, 3.8) is 0 Å². The predicted octanol–water partition coefficient (Wildman–Crippen LogP) is 5.38. The molecule has 0 spiro atoms. The molecule has 6 nitrogen and oxygen atoms in total. The molecule has 34 heavy (non-hydrogen) atoms. The minimum absolute atomic E-state index is 0.0395. The summed E-state index contributed by atoms with van der Waals surface area (Å²) in [5.41, 5.74) is 1.72. The molecule has 0 saturated heterocycles. The molecule has 172 valence electrons. The van der Waals surface area contributed by atoms with Crippen molar-refractivity contribution in [1.29, 1.82) is 0 Å². The number of thiophene rings is 2. The van der Waals surface area contributed by atoms with Gasteiger partial charge in [0, 0.05) is 34.3 Å². The second kappa shape index (κ2) is 9.04. The van der Waals surface area contributed by atoms with E-state index in [1.54, 1.807) is 30.4 Å². The Labute approximate surface area is 204 Å². The number of aromatic amines is 1. The molecule has 0 aliphatic heterocycles. The van der Waals surface area contributed by atoms with Crippen molar-refractivity contribution in [3.8, 4) is 16.2 Å². The molecule has 3 aromatic heterocycles. The van der Waals surface area contributed by atoms with Gasteiger partial charge in [-0.1, -0.05) is 18.2 Å². The van der Waals surface area contributed by atoms with Gasteiger partial charge in [-0.25, -0.2) is 4.98 Å². The van der Waals surface area contributed by atoms with Crippen molar-refractivity contribution < 1.29 is 9.53 Å². The van der Waals surface area contributed by atoms with Crippen LogP contribution in [0.2, 0.25) is 0 Å². The van der Waals surface area contributed by atoms with Crippen molar-refractivity contribution >= 4 is 49.6 Å². The van der Waals surface area contributed by atoms with Crippen molar-refractivity contribution in [2.45, 2.75) is 19.9 Å². The molecule has 5 aromatic rings. The summed E-state index contributed by atoms with van der Waals surface area (Å²) in [6, 6.07) is 16.1. The van der Waals surface area contributed by atoms with Crippen LogP contribution in [-0.4, -0.2) is 34.9 Å². The van der Waals surface area contributed by atoms with Gasteiger partial charge in [-0.15, -0.1) is 22.7 Å². The topological polar surface area (TPSA) is 75.3 Å². The van der Waals surface area contributed by atoms with Gasteiger partial charge in [0.05, 0.1) is 18.9 Å². The first kappa shape index (κ1) is 22.3. The van der Waals surface area contributed by atoms with Crippen molar-refractivity contribution in [3.05, 3.63) is 80.5 Å². The zero-order valence-corrected chi connectivity index (χ0v) is 20.7. The maximum Gasteiger partial charge on any atom is 0.260 e. The standard InChI is InChI=1S/C26H23N3O3S2/c1-15-4-9-21(34-15)20-14-33-26-24(20)25(31)27-22(28-26)12-23(30)29(2)13-16-5-6-18-11-19(32-3)8-7-17(18)10-16/h4-11,14H,12-13H2,1-3H3,(H,27,28,31). The third-order valence-corrected chi connectivity index (χ3v) is 7.68. The van der Waals surface area contributed by atoms with E-state index in [1.807, 2.05) is 54.8 Å². The van der Waals surface area contributed by atoms with E-state index in [-0.39, 0.29) is 17.9 Å². The maximum absolute atomic E-state index is 12.9. The normalized spacial score (nSPS) is 11.3. The van der Waals surface area contributed by atoms with Crippen LogP contribution in [0.15, 0.2) is 58.7 Å². The van der Waals surface area contributed by atoms with E-state index in [2.05, 4.69) is 16.0 Å². The second-order valence-corrected chi connectivity index (χ2v) is 10.4. The lowest BCUT2D eigenvalue weighted by molar-refractivity contribution is -0.129. The second-order valence-electron chi connectivity index (χ2n) is 8.23. The Morgan fingerprint density at radius 2 is 1.91 bits per heavy atom. The van der Waals surface area contributed by atoms with E-state index >= 15 is 0 Å². The number of nitrogens with one attached hydrogen (secondary N) is 1. The highest BCUT2D eigenvalue weighted by Gasteiger charge is 2.17. The quantitative estimate of drug-likeness (QED) is 0.347. The number of nitrogens with zero attached hydrogens (tertiary/aromatic N) is 2. The third-order valence-electron chi connectivity index (χ3n) is 5.77. The molecule has 3 heterocycles. The maximum atomic E-state index is 12.9. The lowest BCUT2D eigenvalue weighted by atomic mass is 10.1. The molecule has 0 saturated carbocycles. The van der Waals surface area contributed by atoms with Gasteiger partial charge in [0.25, 0.3) is 5.56 Å². The average Bonchev–Trinajstić information content (AvgIpc) is 3.45. The number of hydrogen-bond acceptors (Lipinski definition) is 6. The summed E-state index contributed by atoms with van der Waals surface area (Å²) in [5.74, 6) is 1.09. The van der Waals surface area contributed by atoms with Crippen LogP contribution in [0, 0.1) is 6.92 Å². The Kier molecular flexibility index (Phi) is 5.93. The van der Waals surface area contributed by atoms with Gasteiger partial charge >= 0.3 is 0 Å². The van der Waals surface area contributed by atoms with E-state index in [0.29, 0.717) is 22.6 Å². The SMILES string of the molecule is COc1ccc2cc(CN(C)C(=O)Cc3nc4scc(-c5ccc(C)s5)c4c(=O)[nH]3)ccc2c1. The fourth-order valence-corrected chi connectivity index (χ4v) is 5.90. The van der Waals surface area contributed by atoms with Gasteiger partial charge in [-0.2, -0.15) is 0 Å². The van der Waals surface area contributed by atoms with Crippen LogP contribution in [0.5, 0.6) is 5.75 Å². The summed E-state index contributed by atoms with van der Waals surface area (Å²) >= 11 is 3.08. The van der Waals surface area contributed by atoms with Gasteiger partial charge in [-0.3, -0.25) is 9.59 Å². The molecule has 0 radical (unpaired) electrons. The van der Waals surface area contributed by atoms with E-state index in [9.17, 15) is 9.59 Å². The summed E-state index contributed by atoms with van der Waals surface area (Å²) in [6.45, 7) is 2.51. The number of carbonyl (C=O) groups excluding carboxylic acids is 1. The number of aromatic nitrogens is 2. The predicted molar refractivity (Wildman–Crippen MR) is 139 cm³/mol. The molecule has 0 aliphatic rings. The summed E-state index contributed by atoms with van der Waals surface area (Å²) in [4.78, 5) is 37.7. The molecule has 8 heteroatoms. The summed E-state index contributed by atoms with van der Waals surface area (Å²) in [5, 5.41) is 4.72. The Morgan fingerprint density at radius 1 is 1.12 bits per heavy atom. The summed E-state index contributed by atoms with van der Waals surface area (Å²) in [6.07, 6.45) is 0.0395. The van der Waals surface area contributed by atoms with Crippen LogP contribution in [-0.2, 0) is 17.8 Å². The van der Waals surface area contributed by atoms with Crippen LogP contribution < -0.4 is 10.3 Å². The van der Waals surface area contributed by atoms with Gasteiger partial charge in [0.2, 0.25) is 5.91 Å². The number of aryl methyl sites for hydroxylation is 1. The highest BCUT2D eigenvalue weighted by atomic mass is 32.1. The molecule has 2 aromatic carbocycles. The number of H-pyrrole nitrogens is 1. The van der Waals surface area contributed by atoms with Crippen molar-refractivity contribution in [2.24, 2.45) is 0 Å². The van der Waals surface area contributed by atoms with E-state index in [0.717, 1.165) is 32.5 Å². The smallest absolute Gasteiger partial charge is 0.260 e. The number of likely N-dealkylation sites (N-methyl/N-ethyl adjacent to an activating group) is 1. The third kappa shape index (κ3) is 4.34. The highest BCUT2D eigenvalue weighted by molar-refractivity contribution is 7.19. The number of carbonyl (C=O) groups is 1. The fourth-order valence-electron chi connectivity index (χ4n) is 3.98. The van der Waals surface area contributed by atoms with Crippen LogP contribution in [0.25, 0.3) is 31.4 Å². The number of methoxy groups -OCH3 is 1. The van der Waals surface area contributed by atoms with Crippen molar-refractivity contribution in [1.82, 2.24) is 14.9 Å². The zero-order valence-electron chi connectivity index (χ0n) is 19.0. The summed E-state index contributed by atoms with van der Waals surface area (Å²) in [7, 11) is 3.41. The Bertz CT molecular complexity index is 1580. The Balaban J connectivity index is 1.33. The molecule has 5 rings (SSSR count). The first-order valence-electron chi connectivity index (χ1n) is 10.8. The first-order chi connectivity index (χ1) is 16.4. The van der Waals surface area contributed by atoms with Gasteiger partial charge < -0.3 is 14.6 Å². The number of amides is 1. The van der Waals surface area contributed by atoms with Gasteiger partial charge in [0.15, 0.2) is 0 Å². The highest BCUT2D eigenvalue weighted by Crippen LogP contribution is 2.35. The molecule has 0 atom stereocenters. The van der Waals surface area contributed by atoms with E-state index < -0.39 is 0 Å². The monoisotopic (exact) mass is 489 g/mol. The number of hydrogen-bond donors (Lipinski definition) is 1. The minimum atomic E-state index is -0.206. The molecule has 1 N–H and O–H groups in total. The molecule has 0 aliphatic carbocycles. The number of ether oxygens (including phenoxy) is 1. The molecule has 0 fully saturated rings. The lowest BCUT2D eigenvalue weighted by Gasteiger charge is -2.17. The Hall–Kier alpha value is -3.49. The summed E-state index contributed by atoms with van der Waals surface area (Å²) < 4.78 is 5.28. The molecule has 1 amide bonds. The lowest BCUT2D eigenvalue weighted by Crippen LogP contribution is -2.29. The van der Waals surface area contributed by atoms with Gasteiger partial charge in [0.1, 0.15) is 16.4 Å². The number of fused-ring (bicyclic) bond motifs is 2. The van der Waals surface area contributed by atoms with Crippen LogP contribution >= 0.6 is 22.7 Å². The van der Waals surface area contributed by atoms with Crippen molar-refractivity contribution in [2.75, 3.05) is 14.2 Å². The fraction of sp³-hybridized carbons (Fsp3) is 0.192. The van der Waals surface area contributed by atoms with Crippen LogP contribution in [0.1, 0.15) is 16.3 Å². The molecule has 0 unspecified atom stereocenters. The largest absolute Gasteiger partial charge is 0.497 e. The number of rotatable bonds is 6.